The summed E-state index contributed by atoms with van der Waals surface area (Å²) in [5, 5.41) is 4.51. The van der Waals surface area contributed by atoms with E-state index in [1.165, 1.54) is 5.39 Å². The lowest BCUT2D eigenvalue weighted by molar-refractivity contribution is 0.669. The molecule has 2 aromatic heterocycles. The summed E-state index contributed by atoms with van der Waals surface area (Å²) in [6.45, 7) is 2.01. The van der Waals surface area contributed by atoms with Crippen molar-refractivity contribution in [3.05, 3.63) is 84.6 Å². The monoisotopic (exact) mass is 360 g/mol. The average Bonchev–Trinajstić information content (AvgIpc) is 3.12. The van der Waals surface area contributed by atoms with Crippen LogP contribution in [0.5, 0.6) is 0 Å². The van der Waals surface area contributed by atoms with E-state index in [4.69, 9.17) is 14.4 Å². The van der Waals surface area contributed by atoms with Gasteiger partial charge in [-0.25, -0.2) is 9.97 Å². The number of nitrogens with zero attached hydrogens (tertiary/aromatic N) is 2. The van der Waals surface area contributed by atoms with Crippen LogP contribution in [0.2, 0.25) is 0 Å². The highest BCUT2D eigenvalue weighted by molar-refractivity contribution is 6.10. The summed E-state index contributed by atoms with van der Waals surface area (Å²) in [6, 6.07) is 26.8. The van der Waals surface area contributed by atoms with Gasteiger partial charge in [-0.2, -0.15) is 0 Å². The standard InChI is InChI=1S/C25H16N2O/c1-15-23(27-24-17-8-3-2-7-16(17)13-14-21(24)26-15)20-11-6-10-19-18-9-4-5-12-22(18)28-25(19)20/h2-14H,1H3. The number of para-hydroxylation sites is 2. The van der Waals surface area contributed by atoms with Crippen LogP contribution in [0.1, 0.15) is 5.69 Å². The van der Waals surface area contributed by atoms with Crippen LogP contribution in [0.4, 0.5) is 0 Å². The summed E-state index contributed by atoms with van der Waals surface area (Å²) in [6.07, 6.45) is 0. The number of rotatable bonds is 1. The Morgan fingerprint density at radius 1 is 0.679 bits per heavy atom. The minimum atomic E-state index is 0.862. The molecule has 0 aliphatic rings. The van der Waals surface area contributed by atoms with Crippen molar-refractivity contribution in [1.82, 2.24) is 9.97 Å². The van der Waals surface area contributed by atoms with Gasteiger partial charge in [-0.1, -0.05) is 60.7 Å². The highest BCUT2D eigenvalue weighted by atomic mass is 16.3. The minimum Gasteiger partial charge on any atom is -0.455 e. The molecule has 3 nitrogen and oxygen atoms in total. The maximum atomic E-state index is 6.22. The number of hydrogen-bond donors (Lipinski definition) is 0. The molecule has 0 radical (unpaired) electrons. The summed E-state index contributed by atoms with van der Waals surface area (Å²) in [7, 11) is 0. The summed E-state index contributed by atoms with van der Waals surface area (Å²) in [5.41, 5.74) is 6.34. The minimum absolute atomic E-state index is 0.862. The molecule has 0 amide bonds. The highest BCUT2D eigenvalue weighted by Gasteiger charge is 2.16. The third kappa shape index (κ3) is 2.10. The van der Waals surface area contributed by atoms with Gasteiger partial charge in [0.15, 0.2) is 0 Å². The molecular weight excluding hydrogens is 344 g/mol. The third-order valence-corrected chi connectivity index (χ3v) is 5.39. The number of hydrogen-bond acceptors (Lipinski definition) is 3. The lowest BCUT2D eigenvalue weighted by atomic mass is 10.0. The van der Waals surface area contributed by atoms with E-state index < -0.39 is 0 Å². The SMILES string of the molecule is Cc1nc2ccc3ccccc3c2nc1-c1cccc2c1oc1ccccc12. The van der Waals surface area contributed by atoms with Crippen LogP contribution in [0.3, 0.4) is 0 Å². The molecule has 28 heavy (non-hydrogen) atoms. The van der Waals surface area contributed by atoms with Gasteiger partial charge in [0.1, 0.15) is 11.2 Å². The average molecular weight is 360 g/mol. The molecule has 0 saturated heterocycles. The number of benzene rings is 4. The van der Waals surface area contributed by atoms with Gasteiger partial charge in [0.25, 0.3) is 0 Å². The van der Waals surface area contributed by atoms with Crippen molar-refractivity contribution in [3.63, 3.8) is 0 Å². The Bertz CT molecular complexity index is 1530. The van der Waals surface area contributed by atoms with Gasteiger partial charge in [0.2, 0.25) is 0 Å². The fourth-order valence-electron chi connectivity index (χ4n) is 4.07. The van der Waals surface area contributed by atoms with Crippen molar-refractivity contribution in [2.45, 2.75) is 6.92 Å². The van der Waals surface area contributed by atoms with E-state index in [1.54, 1.807) is 0 Å². The Hall–Kier alpha value is -3.72. The first kappa shape index (κ1) is 15.3. The van der Waals surface area contributed by atoms with Gasteiger partial charge in [0.05, 0.1) is 22.4 Å². The number of aryl methyl sites for hydroxylation is 1. The fraction of sp³-hybridized carbons (Fsp3) is 0.0400. The van der Waals surface area contributed by atoms with Crippen LogP contribution in [0.15, 0.2) is 83.3 Å². The Balaban J connectivity index is 1.72. The Morgan fingerprint density at radius 3 is 2.39 bits per heavy atom. The molecule has 0 N–H and O–H groups in total. The normalized spacial score (nSPS) is 11.8. The second kappa shape index (κ2) is 5.64. The lowest BCUT2D eigenvalue weighted by Gasteiger charge is -2.09. The fourth-order valence-corrected chi connectivity index (χ4v) is 4.07. The van der Waals surface area contributed by atoms with Crippen molar-refractivity contribution in [2.24, 2.45) is 0 Å². The number of fused-ring (bicyclic) bond motifs is 6. The largest absolute Gasteiger partial charge is 0.455 e. The van der Waals surface area contributed by atoms with E-state index >= 15 is 0 Å². The van der Waals surface area contributed by atoms with Gasteiger partial charge in [0, 0.05) is 21.7 Å². The number of aromatic nitrogens is 2. The zero-order chi connectivity index (χ0) is 18.7. The van der Waals surface area contributed by atoms with Crippen LogP contribution in [-0.4, -0.2) is 9.97 Å². The molecule has 0 spiro atoms. The van der Waals surface area contributed by atoms with Gasteiger partial charge < -0.3 is 4.42 Å². The molecule has 0 aliphatic heterocycles. The van der Waals surface area contributed by atoms with Gasteiger partial charge in [-0.05, 0) is 30.5 Å². The smallest absolute Gasteiger partial charge is 0.144 e. The van der Waals surface area contributed by atoms with Crippen molar-refractivity contribution in [3.8, 4) is 11.3 Å². The van der Waals surface area contributed by atoms with Crippen LogP contribution >= 0.6 is 0 Å². The zero-order valence-corrected chi connectivity index (χ0v) is 15.3. The highest BCUT2D eigenvalue weighted by Crippen LogP contribution is 2.36. The number of furan rings is 1. The second-order valence-electron chi connectivity index (χ2n) is 7.09. The molecule has 0 aliphatic carbocycles. The van der Waals surface area contributed by atoms with Gasteiger partial charge >= 0.3 is 0 Å². The summed E-state index contributed by atoms with van der Waals surface area (Å²) in [4.78, 5) is 9.93. The zero-order valence-electron chi connectivity index (χ0n) is 15.3. The van der Waals surface area contributed by atoms with E-state index in [0.29, 0.717) is 0 Å². The first-order valence-electron chi connectivity index (χ1n) is 9.36. The van der Waals surface area contributed by atoms with E-state index in [-0.39, 0.29) is 0 Å². The second-order valence-corrected chi connectivity index (χ2v) is 7.09. The van der Waals surface area contributed by atoms with Crippen molar-refractivity contribution < 1.29 is 4.42 Å². The predicted octanol–water partition coefficient (Wildman–Crippen LogP) is 6.66. The third-order valence-electron chi connectivity index (χ3n) is 5.39. The molecule has 0 saturated carbocycles. The molecule has 3 heteroatoms. The predicted molar refractivity (Wildman–Crippen MR) is 114 cm³/mol. The Morgan fingerprint density at radius 2 is 1.46 bits per heavy atom. The van der Waals surface area contributed by atoms with E-state index in [9.17, 15) is 0 Å². The topological polar surface area (TPSA) is 38.9 Å². The molecule has 0 atom stereocenters. The van der Waals surface area contributed by atoms with Gasteiger partial charge in [-0.15, -0.1) is 0 Å². The van der Waals surface area contributed by atoms with E-state index in [1.807, 2.05) is 43.3 Å². The first-order valence-corrected chi connectivity index (χ1v) is 9.36. The van der Waals surface area contributed by atoms with Gasteiger partial charge in [-0.3, -0.25) is 0 Å². The van der Waals surface area contributed by atoms with Crippen LogP contribution in [-0.2, 0) is 0 Å². The van der Waals surface area contributed by atoms with Crippen molar-refractivity contribution in [2.75, 3.05) is 0 Å². The molecule has 0 unspecified atom stereocenters. The maximum absolute atomic E-state index is 6.22. The summed E-state index contributed by atoms with van der Waals surface area (Å²) >= 11 is 0. The van der Waals surface area contributed by atoms with Crippen molar-refractivity contribution >= 4 is 43.7 Å². The molecule has 4 aromatic carbocycles. The van der Waals surface area contributed by atoms with E-state index in [2.05, 4.69) is 42.5 Å². The van der Waals surface area contributed by atoms with Crippen LogP contribution in [0, 0.1) is 6.92 Å². The Kier molecular flexibility index (Phi) is 3.09. The molecule has 0 bridgehead atoms. The van der Waals surface area contributed by atoms with Crippen LogP contribution < -0.4 is 0 Å². The summed E-state index contributed by atoms with van der Waals surface area (Å²) < 4.78 is 6.22. The first-order chi connectivity index (χ1) is 13.8. The molecular formula is C25H16N2O. The molecule has 6 aromatic rings. The quantitative estimate of drug-likeness (QED) is 0.308. The van der Waals surface area contributed by atoms with Crippen molar-refractivity contribution in [1.29, 1.82) is 0 Å². The Labute approximate surface area is 161 Å². The molecule has 132 valence electrons. The van der Waals surface area contributed by atoms with Crippen LogP contribution in [0.25, 0.3) is 55.0 Å². The molecule has 6 rings (SSSR count). The lowest BCUT2D eigenvalue weighted by Crippen LogP contribution is -1.95. The van der Waals surface area contributed by atoms with E-state index in [0.717, 1.165) is 55.3 Å². The maximum Gasteiger partial charge on any atom is 0.144 e. The summed E-state index contributed by atoms with van der Waals surface area (Å²) in [5.74, 6) is 0. The molecule has 2 heterocycles. The molecule has 0 fully saturated rings.